The molecule has 1 rings (SSSR count). The summed E-state index contributed by atoms with van der Waals surface area (Å²) in [5.41, 5.74) is 0. The van der Waals surface area contributed by atoms with Crippen LogP contribution in [-0.4, -0.2) is 39.3 Å². The predicted octanol–water partition coefficient (Wildman–Crippen LogP) is -1.04. The maximum atomic E-state index is 11.3. The van der Waals surface area contributed by atoms with Gasteiger partial charge in [-0.3, -0.25) is 4.79 Å². The number of carbonyl (C=O) groups is 1. The number of ether oxygens (including phenoxy) is 1. The average molecular weight is 236 g/mol. The van der Waals surface area contributed by atoms with Gasteiger partial charge >= 0.3 is 0 Å². The lowest BCUT2D eigenvalue weighted by Gasteiger charge is -2.09. The Kier molecular flexibility index (Phi) is 4.49. The van der Waals surface area contributed by atoms with Crippen LogP contribution in [0, 0.1) is 0 Å². The highest BCUT2D eigenvalue weighted by atomic mass is 32.2. The molecule has 0 saturated carbocycles. The van der Waals surface area contributed by atoms with E-state index in [4.69, 9.17) is 9.88 Å². The summed E-state index contributed by atoms with van der Waals surface area (Å²) < 4.78 is 26.4. The Hall–Kier alpha value is -0.660. The molecule has 0 aromatic heterocycles. The zero-order chi connectivity index (χ0) is 11.3. The van der Waals surface area contributed by atoms with Crippen LogP contribution in [0.5, 0.6) is 0 Å². The van der Waals surface area contributed by atoms with E-state index in [2.05, 4.69) is 5.32 Å². The minimum Gasteiger partial charge on any atom is -0.378 e. The zero-order valence-corrected chi connectivity index (χ0v) is 9.26. The molecule has 0 spiro atoms. The van der Waals surface area contributed by atoms with Crippen LogP contribution in [0.15, 0.2) is 0 Å². The Labute approximate surface area is 89.2 Å². The topological polar surface area (TPSA) is 98.5 Å². The van der Waals surface area contributed by atoms with Crippen LogP contribution in [0.2, 0.25) is 0 Å². The number of primary sulfonamides is 1. The fourth-order valence-corrected chi connectivity index (χ4v) is 1.80. The SMILES string of the molecule is NS(=O)(=O)CCNC(=O)CC1CCCO1. The molecule has 6 nitrogen and oxygen atoms in total. The first-order valence-electron chi connectivity index (χ1n) is 4.86. The maximum absolute atomic E-state index is 11.3. The van der Waals surface area contributed by atoms with Gasteiger partial charge in [0.25, 0.3) is 0 Å². The van der Waals surface area contributed by atoms with Crippen LogP contribution < -0.4 is 10.5 Å². The van der Waals surface area contributed by atoms with E-state index in [-0.39, 0.29) is 24.3 Å². The van der Waals surface area contributed by atoms with E-state index in [9.17, 15) is 13.2 Å². The summed E-state index contributed by atoms with van der Waals surface area (Å²) in [6.45, 7) is 0.763. The lowest BCUT2D eigenvalue weighted by Crippen LogP contribution is -2.33. The summed E-state index contributed by atoms with van der Waals surface area (Å²) >= 11 is 0. The molecule has 88 valence electrons. The zero-order valence-electron chi connectivity index (χ0n) is 8.44. The fourth-order valence-electron chi connectivity index (χ4n) is 1.42. The third kappa shape index (κ3) is 5.71. The quantitative estimate of drug-likeness (QED) is 0.637. The van der Waals surface area contributed by atoms with Crippen molar-refractivity contribution in [2.75, 3.05) is 18.9 Å². The number of sulfonamides is 1. The van der Waals surface area contributed by atoms with E-state index in [1.54, 1.807) is 0 Å². The van der Waals surface area contributed by atoms with Crippen LogP contribution in [-0.2, 0) is 19.6 Å². The van der Waals surface area contributed by atoms with Crippen molar-refractivity contribution in [1.82, 2.24) is 5.32 Å². The Morgan fingerprint density at radius 1 is 1.53 bits per heavy atom. The molecule has 1 atom stereocenters. The molecule has 1 amide bonds. The number of nitrogens with two attached hydrogens (primary N) is 1. The minimum absolute atomic E-state index is 0.0144. The van der Waals surface area contributed by atoms with Gasteiger partial charge in [-0.2, -0.15) is 0 Å². The fraction of sp³-hybridized carbons (Fsp3) is 0.875. The van der Waals surface area contributed by atoms with E-state index in [1.807, 2.05) is 0 Å². The van der Waals surface area contributed by atoms with E-state index in [0.717, 1.165) is 12.8 Å². The standard InChI is InChI=1S/C8H16N2O4S/c9-15(12,13)5-3-10-8(11)6-7-2-1-4-14-7/h7H,1-6H2,(H,10,11)(H2,9,12,13). The lowest BCUT2D eigenvalue weighted by molar-refractivity contribution is -0.123. The van der Waals surface area contributed by atoms with Crippen molar-refractivity contribution in [2.45, 2.75) is 25.4 Å². The molecule has 1 aliphatic rings. The van der Waals surface area contributed by atoms with Gasteiger partial charge in [-0.1, -0.05) is 0 Å². The molecule has 7 heteroatoms. The molecular weight excluding hydrogens is 220 g/mol. The maximum Gasteiger partial charge on any atom is 0.222 e. The molecular formula is C8H16N2O4S. The third-order valence-corrected chi connectivity index (χ3v) is 2.92. The minimum atomic E-state index is -3.49. The summed E-state index contributed by atoms with van der Waals surface area (Å²) in [7, 11) is -3.49. The first-order chi connectivity index (χ1) is 6.97. The van der Waals surface area contributed by atoms with E-state index in [1.165, 1.54) is 0 Å². The van der Waals surface area contributed by atoms with E-state index >= 15 is 0 Å². The van der Waals surface area contributed by atoms with E-state index < -0.39 is 10.0 Å². The summed E-state index contributed by atoms with van der Waals surface area (Å²) in [4.78, 5) is 11.3. The number of carbonyl (C=O) groups excluding carboxylic acids is 1. The molecule has 0 aliphatic carbocycles. The molecule has 1 aliphatic heterocycles. The Morgan fingerprint density at radius 2 is 2.27 bits per heavy atom. The Bertz CT molecular complexity index is 309. The summed E-state index contributed by atoms with van der Waals surface area (Å²) in [5.74, 6) is -0.421. The van der Waals surface area contributed by atoms with E-state index in [0.29, 0.717) is 13.0 Å². The molecule has 0 bridgehead atoms. The van der Waals surface area contributed by atoms with Gasteiger partial charge in [0.15, 0.2) is 0 Å². The van der Waals surface area contributed by atoms with Crippen molar-refractivity contribution >= 4 is 15.9 Å². The number of nitrogens with one attached hydrogen (secondary N) is 1. The highest BCUT2D eigenvalue weighted by molar-refractivity contribution is 7.89. The molecule has 15 heavy (non-hydrogen) atoms. The smallest absolute Gasteiger partial charge is 0.222 e. The van der Waals surface area contributed by atoms with Crippen molar-refractivity contribution in [3.63, 3.8) is 0 Å². The van der Waals surface area contributed by atoms with Gasteiger partial charge in [0.05, 0.1) is 18.3 Å². The summed E-state index contributed by atoms with van der Waals surface area (Å²) in [5, 5.41) is 7.27. The third-order valence-electron chi connectivity index (χ3n) is 2.15. The Balaban J connectivity index is 2.13. The molecule has 0 radical (unpaired) electrons. The van der Waals surface area contributed by atoms with Gasteiger partial charge in [0.1, 0.15) is 0 Å². The normalized spacial score (nSPS) is 21.5. The van der Waals surface area contributed by atoms with Crippen molar-refractivity contribution in [2.24, 2.45) is 5.14 Å². The molecule has 1 saturated heterocycles. The average Bonchev–Trinajstić information content (AvgIpc) is 2.54. The van der Waals surface area contributed by atoms with Crippen LogP contribution in [0.25, 0.3) is 0 Å². The van der Waals surface area contributed by atoms with Gasteiger partial charge < -0.3 is 10.1 Å². The second-order valence-corrected chi connectivity index (χ2v) is 5.29. The summed E-state index contributed by atoms with van der Waals surface area (Å²) in [6, 6.07) is 0. The first kappa shape index (κ1) is 12.4. The molecule has 1 heterocycles. The second kappa shape index (κ2) is 5.43. The van der Waals surface area contributed by atoms with Gasteiger partial charge in [-0.15, -0.1) is 0 Å². The van der Waals surface area contributed by atoms with Gasteiger partial charge in [-0.25, -0.2) is 13.6 Å². The summed E-state index contributed by atoms with van der Waals surface area (Å²) in [6.07, 6.45) is 2.15. The molecule has 0 aromatic carbocycles. The Morgan fingerprint density at radius 3 is 2.80 bits per heavy atom. The highest BCUT2D eigenvalue weighted by Crippen LogP contribution is 2.14. The van der Waals surface area contributed by atoms with Crippen molar-refractivity contribution in [3.8, 4) is 0 Å². The monoisotopic (exact) mass is 236 g/mol. The predicted molar refractivity (Wildman–Crippen MR) is 54.6 cm³/mol. The van der Waals surface area contributed by atoms with Crippen LogP contribution in [0.3, 0.4) is 0 Å². The van der Waals surface area contributed by atoms with Crippen molar-refractivity contribution in [3.05, 3.63) is 0 Å². The second-order valence-electron chi connectivity index (χ2n) is 3.56. The molecule has 3 N–H and O–H groups in total. The highest BCUT2D eigenvalue weighted by Gasteiger charge is 2.18. The number of rotatable bonds is 5. The van der Waals surface area contributed by atoms with Crippen LogP contribution >= 0.6 is 0 Å². The van der Waals surface area contributed by atoms with Gasteiger partial charge in [0.2, 0.25) is 15.9 Å². The lowest BCUT2D eigenvalue weighted by atomic mass is 10.2. The van der Waals surface area contributed by atoms with Crippen LogP contribution in [0.1, 0.15) is 19.3 Å². The first-order valence-corrected chi connectivity index (χ1v) is 6.58. The largest absolute Gasteiger partial charge is 0.378 e. The van der Waals surface area contributed by atoms with Crippen molar-refractivity contribution < 1.29 is 17.9 Å². The van der Waals surface area contributed by atoms with Crippen LogP contribution in [0.4, 0.5) is 0 Å². The molecule has 1 unspecified atom stereocenters. The van der Waals surface area contributed by atoms with Gasteiger partial charge in [0, 0.05) is 13.2 Å². The number of hydrogen-bond acceptors (Lipinski definition) is 4. The van der Waals surface area contributed by atoms with Gasteiger partial charge in [-0.05, 0) is 12.8 Å². The number of amides is 1. The molecule has 0 aromatic rings. The molecule has 1 fully saturated rings. The van der Waals surface area contributed by atoms with Crippen molar-refractivity contribution in [1.29, 1.82) is 0 Å². The number of hydrogen-bond donors (Lipinski definition) is 2.